The molecule has 82 valence electrons. The van der Waals surface area contributed by atoms with Gasteiger partial charge in [0.2, 0.25) is 0 Å². The van der Waals surface area contributed by atoms with Crippen molar-refractivity contribution in [2.45, 2.75) is 31.1 Å². The summed E-state index contributed by atoms with van der Waals surface area (Å²) < 4.78 is 18.8. The van der Waals surface area contributed by atoms with Crippen molar-refractivity contribution < 1.29 is 9.13 Å². The molecule has 1 unspecified atom stereocenters. The molecule has 1 atom stereocenters. The molecular weight excluding hydrogens is 215 g/mol. The summed E-state index contributed by atoms with van der Waals surface area (Å²) in [6.45, 7) is 0. The van der Waals surface area contributed by atoms with Crippen LogP contribution in [0.3, 0.4) is 0 Å². The van der Waals surface area contributed by atoms with E-state index in [0.29, 0.717) is 5.75 Å². The van der Waals surface area contributed by atoms with E-state index in [9.17, 15) is 4.39 Å². The highest BCUT2D eigenvalue weighted by molar-refractivity contribution is 6.20. The minimum atomic E-state index is -0.183. The first-order valence-electron chi connectivity index (χ1n) is 5.22. The van der Waals surface area contributed by atoms with Gasteiger partial charge >= 0.3 is 0 Å². The molecule has 0 aromatic heterocycles. The highest BCUT2D eigenvalue weighted by atomic mass is 35.5. The summed E-state index contributed by atoms with van der Waals surface area (Å²) in [5, 5.41) is -0.0768. The van der Waals surface area contributed by atoms with Gasteiger partial charge in [0.15, 0.2) is 0 Å². The van der Waals surface area contributed by atoms with Crippen LogP contribution in [0.5, 0.6) is 5.75 Å². The fraction of sp³-hybridized carbons (Fsp3) is 0.500. The number of alkyl halides is 1. The van der Waals surface area contributed by atoms with Gasteiger partial charge in [-0.3, -0.25) is 0 Å². The van der Waals surface area contributed by atoms with Crippen LogP contribution in [0.2, 0.25) is 0 Å². The molecule has 0 bridgehead atoms. The zero-order valence-electron chi connectivity index (χ0n) is 8.72. The van der Waals surface area contributed by atoms with Crippen molar-refractivity contribution in [2.75, 3.05) is 7.11 Å². The van der Waals surface area contributed by atoms with E-state index in [0.717, 1.165) is 36.8 Å². The van der Waals surface area contributed by atoms with Gasteiger partial charge in [0.1, 0.15) is 11.6 Å². The quantitative estimate of drug-likeness (QED) is 0.524. The van der Waals surface area contributed by atoms with E-state index in [1.165, 1.54) is 6.07 Å². The Labute approximate surface area is 94.2 Å². The van der Waals surface area contributed by atoms with Crippen molar-refractivity contribution in [3.63, 3.8) is 0 Å². The Hall–Kier alpha value is -0.760. The van der Waals surface area contributed by atoms with Crippen LogP contribution in [-0.4, -0.2) is 7.11 Å². The van der Waals surface area contributed by atoms with E-state index in [1.54, 1.807) is 7.11 Å². The van der Waals surface area contributed by atoms with Crippen molar-refractivity contribution in [2.24, 2.45) is 0 Å². The van der Waals surface area contributed by atoms with Crippen molar-refractivity contribution >= 4 is 11.6 Å². The molecule has 0 N–H and O–H groups in total. The Balaban J connectivity index is 2.50. The van der Waals surface area contributed by atoms with Gasteiger partial charge in [0, 0.05) is 6.07 Å². The maximum absolute atomic E-state index is 13.7. The number of rotatable bonds is 1. The molecule has 3 heteroatoms. The third kappa shape index (κ3) is 2.10. The molecule has 0 aliphatic heterocycles. The third-order valence-corrected chi connectivity index (χ3v) is 3.36. The van der Waals surface area contributed by atoms with Crippen molar-refractivity contribution in [1.29, 1.82) is 0 Å². The summed E-state index contributed by atoms with van der Waals surface area (Å²) in [5.74, 6) is 0.371. The highest BCUT2D eigenvalue weighted by Crippen LogP contribution is 2.36. The van der Waals surface area contributed by atoms with E-state index in [1.807, 2.05) is 6.07 Å². The minimum absolute atomic E-state index is 0.0768. The predicted octanol–water partition coefficient (Wildman–Crippen LogP) is 3.84. The molecule has 1 aliphatic carbocycles. The first-order valence-corrected chi connectivity index (χ1v) is 5.66. The Morgan fingerprint density at radius 2 is 2.20 bits per heavy atom. The lowest BCUT2D eigenvalue weighted by atomic mass is 10.0. The average Bonchev–Trinajstić information content (AvgIpc) is 2.41. The fourth-order valence-electron chi connectivity index (χ4n) is 2.07. The molecular formula is C12H14ClFO. The summed E-state index contributed by atoms with van der Waals surface area (Å²) in [6, 6.07) is 3.30. The first kappa shape index (κ1) is 10.7. The minimum Gasteiger partial charge on any atom is -0.497 e. The lowest BCUT2D eigenvalue weighted by Gasteiger charge is -2.13. The third-order valence-electron chi connectivity index (χ3n) is 2.91. The van der Waals surface area contributed by atoms with E-state index in [4.69, 9.17) is 16.3 Å². The van der Waals surface area contributed by atoms with Crippen LogP contribution < -0.4 is 4.74 Å². The van der Waals surface area contributed by atoms with Gasteiger partial charge in [0.25, 0.3) is 0 Å². The van der Waals surface area contributed by atoms with Crippen molar-refractivity contribution in [1.82, 2.24) is 0 Å². The topological polar surface area (TPSA) is 9.23 Å². The van der Waals surface area contributed by atoms with Gasteiger partial charge < -0.3 is 4.74 Å². The monoisotopic (exact) mass is 228 g/mol. The van der Waals surface area contributed by atoms with Gasteiger partial charge in [-0.05, 0) is 36.5 Å². The number of halogens is 2. The van der Waals surface area contributed by atoms with E-state index >= 15 is 0 Å². The van der Waals surface area contributed by atoms with Crippen LogP contribution >= 0.6 is 11.6 Å². The van der Waals surface area contributed by atoms with Gasteiger partial charge in [-0.25, -0.2) is 4.39 Å². The Morgan fingerprint density at radius 3 is 2.93 bits per heavy atom. The molecule has 1 aromatic carbocycles. The first-order chi connectivity index (χ1) is 7.22. The fourth-order valence-corrected chi connectivity index (χ4v) is 2.42. The maximum Gasteiger partial charge on any atom is 0.130 e. The van der Waals surface area contributed by atoms with Crippen LogP contribution in [-0.2, 0) is 6.42 Å². The molecule has 15 heavy (non-hydrogen) atoms. The summed E-state index contributed by atoms with van der Waals surface area (Å²) in [4.78, 5) is 0. The summed E-state index contributed by atoms with van der Waals surface area (Å²) in [5.41, 5.74) is 1.68. The SMILES string of the molecule is COc1cc(F)c2c(c1)C(Cl)CCCC2. The molecule has 0 heterocycles. The van der Waals surface area contributed by atoms with Gasteiger partial charge in [-0.1, -0.05) is 6.42 Å². The molecule has 1 nitrogen and oxygen atoms in total. The second kappa shape index (κ2) is 4.40. The Morgan fingerprint density at radius 1 is 1.40 bits per heavy atom. The molecule has 0 fully saturated rings. The molecule has 0 amide bonds. The van der Waals surface area contributed by atoms with Gasteiger partial charge in [0.05, 0.1) is 12.5 Å². The van der Waals surface area contributed by atoms with E-state index < -0.39 is 0 Å². The largest absolute Gasteiger partial charge is 0.497 e. The highest BCUT2D eigenvalue weighted by Gasteiger charge is 2.20. The number of methoxy groups -OCH3 is 1. The Kier molecular flexibility index (Phi) is 3.15. The normalized spacial score (nSPS) is 20.6. The van der Waals surface area contributed by atoms with E-state index in [-0.39, 0.29) is 11.2 Å². The Bertz CT molecular complexity index is 365. The molecule has 0 radical (unpaired) electrons. The number of hydrogen-bond acceptors (Lipinski definition) is 1. The van der Waals surface area contributed by atoms with Crippen LogP contribution in [0.15, 0.2) is 12.1 Å². The van der Waals surface area contributed by atoms with Gasteiger partial charge in [-0.15, -0.1) is 11.6 Å². The van der Waals surface area contributed by atoms with Gasteiger partial charge in [-0.2, -0.15) is 0 Å². The lowest BCUT2D eigenvalue weighted by molar-refractivity contribution is 0.410. The maximum atomic E-state index is 13.7. The predicted molar refractivity (Wildman–Crippen MR) is 59.1 cm³/mol. The standard InChI is InChI=1S/C12H14ClFO/c1-15-8-6-10-9(12(14)7-8)4-2-3-5-11(10)13/h6-7,11H,2-5H2,1H3. The lowest BCUT2D eigenvalue weighted by Crippen LogP contribution is -1.99. The van der Waals surface area contributed by atoms with Crippen molar-refractivity contribution in [3.05, 3.63) is 29.1 Å². The molecule has 2 rings (SSSR count). The number of fused-ring (bicyclic) bond motifs is 1. The zero-order valence-corrected chi connectivity index (χ0v) is 9.48. The van der Waals surface area contributed by atoms with Crippen LogP contribution in [0, 0.1) is 5.82 Å². The van der Waals surface area contributed by atoms with Crippen LogP contribution in [0.1, 0.15) is 35.8 Å². The summed E-state index contributed by atoms with van der Waals surface area (Å²) in [7, 11) is 1.54. The smallest absolute Gasteiger partial charge is 0.130 e. The summed E-state index contributed by atoms with van der Waals surface area (Å²) in [6.07, 6.45) is 3.78. The molecule has 1 aromatic rings. The number of hydrogen-bond donors (Lipinski definition) is 0. The summed E-state index contributed by atoms with van der Waals surface area (Å²) >= 11 is 6.23. The second-order valence-corrected chi connectivity index (χ2v) is 4.42. The zero-order chi connectivity index (χ0) is 10.8. The van der Waals surface area contributed by atoms with E-state index in [2.05, 4.69) is 0 Å². The molecule has 1 aliphatic rings. The number of ether oxygens (including phenoxy) is 1. The van der Waals surface area contributed by atoms with Crippen LogP contribution in [0.25, 0.3) is 0 Å². The number of benzene rings is 1. The molecule has 0 spiro atoms. The van der Waals surface area contributed by atoms with Crippen LogP contribution in [0.4, 0.5) is 4.39 Å². The van der Waals surface area contributed by atoms with Crippen molar-refractivity contribution in [3.8, 4) is 5.75 Å². The average molecular weight is 229 g/mol. The molecule has 0 saturated heterocycles. The molecule has 0 saturated carbocycles. The second-order valence-electron chi connectivity index (χ2n) is 3.89.